The molecule has 4 heteroatoms. The molecule has 122 valence electrons. The van der Waals surface area contributed by atoms with Crippen LogP contribution in [0.2, 0.25) is 10.0 Å². The van der Waals surface area contributed by atoms with Crippen LogP contribution in [0.5, 0.6) is 0 Å². The van der Waals surface area contributed by atoms with Crippen molar-refractivity contribution in [3.63, 3.8) is 0 Å². The van der Waals surface area contributed by atoms with Gasteiger partial charge in [0, 0.05) is 22.7 Å². The smallest absolute Gasteiger partial charge is 0.0728 e. The first-order valence-corrected chi connectivity index (χ1v) is 10.3. The molecule has 22 heavy (non-hydrogen) atoms. The Bertz CT molecular complexity index is 508. The highest BCUT2D eigenvalue weighted by Gasteiger charge is 2.40. The first-order valence-electron chi connectivity index (χ1n) is 8.52. The molecular formula is C18H25Cl2NS. The number of thioether (sulfide) groups is 1. The summed E-state index contributed by atoms with van der Waals surface area (Å²) in [5.74, 6) is 2.80. The van der Waals surface area contributed by atoms with E-state index < -0.39 is 0 Å². The molecule has 1 nitrogen and oxygen atoms in total. The second-order valence-electron chi connectivity index (χ2n) is 6.71. The van der Waals surface area contributed by atoms with Gasteiger partial charge in [-0.2, -0.15) is 0 Å². The average molecular weight is 358 g/mol. The van der Waals surface area contributed by atoms with Crippen molar-refractivity contribution >= 4 is 35.0 Å². The lowest BCUT2D eigenvalue weighted by Crippen LogP contribution is -2.46. The molecule has 1 aromatic rings. The number of hydrogen-bond acceptors (Lipinski definition) is 2. The quantitative estimate of drug-likeness (QED) is 0.623. The zero-order chi connectivity index (χ0) is 15.5. The van der Waals surface area contributed by atoms with Crippen molar-refractivity contribution in [2.75, 3.05) is 5.75 Å². The van der Waals surface area contributed by atoms with Crippen molar-refractivity contribution < 1.29 is 0 Å². The molecule has 0 saturated carbocycles. The predicted octanol–water partition coefficient (Wildman–Crippen LogP) is 6.03. The summed E-state index contributed by atoms with van der Waals surface area (Å²) in [7, 11) is 0. The Balaban J connectivity index is 1.66. The second-order valence-corrected chi connectivity index (χ2v) is 8.56. The Kier molecular flexibility index (Phi) is 6.00. The summed E-state index contributed by atoms with van der Waals surface area (Å²) in [5.41, 5.74) is 0. The van der Waals surface area contributed by atoms with Gasteiger partial charge in [0.25, 0.3) is 0 Å². The number of fused-ring (bicyclic) bond motifs is 2. The molecule has 2 unspecified atom stereocenters. The third-order valence-electron chi connectivity index (χ3n) is 5.26. The van der Waals surface area contributed by atoms with E-state index in [1.165, 1.54) is 38.5 Å². The molecule has 2 fully saturated rings. The minimum atomic E-state index is 0.664. The minimum absolute atomic E-state index is 0.664. The van der Waals surface area contributed by atoms with E-state index in [9.17, 15) is 0 Å². The van der Waals surface area contributed by atoms with E-state index >= 15 is 0 Å². The third-order valence-corrected chi connectivity index (χ3v) is 7.40. The molecule has 3 rings (SSSR count). The summed E-state index contributed by atoms with van der Waals surface area (Å²) in [6.45, 7) is 2.30. The number of halogens is 2. The van der Waals surface area contributed by atoms with Gasteiger partial charge in [-0.05, 0) is 43.2 Å². The van der Waals surface area contributed by atoms with Gasteiger partial charge >= 0.3 is 0 Å². The molecule has 4 atom stereocenters. The van der Waals surface area contributed by atoms with Gasteiger partial charge in [0.05, 0.1) is 10.0 Å². The number of piperidine rings is 1. The molecule has 1 aromatic carbocycles. The van der Waals surface area contributed by atoms with Crippen LogP contribution in [-0.2, 0) is 0 Å². The fraction of sp³-hybridized carbons (Fsp3) is 0.667. The van der Waals surface area contributed by atoms with Crippen molar-refractivity contribution in [3.8, 4) is 0 Å². The van der Waals surface area contributed by atoms with E-state index in [-0.39, 0.29) is 0 Å². The third kappa shape index (κ3) is 3.77. The summed E-state index contributed by atoms with van der Waals surface area (Å²) in [5, 5.41) is 5.22. The molecule has 1 N–H and O–H groups in total. The van der Waals surface area contributed by atoms with Crippen molar-refractivity contribution in [2.45, 2.75) is 62.4 Å². The van der Waals surface area contributed by atoms with Crippen molar-refractivity contribution in [3.05, 3.63) is 28.2 Å². The van der Waals surface area contributed by atoms with Crippen LogP contribution >= 0.6 is 35.0 Å². The van der Waals surface area contributed by atoms with Gasteiger partial charge in [0.1, 0.15) is 0 Å². The Hall–Kier alpha value is 0.110. The van der Waals surface area contributed by atoms with E-state index in [4.69, 9.17) is 23.2 Å². The van der Waals surface area contributed by atoms with Gasteiger partial charge < -0.3 is 5.32 Å². The molecule has 2 saturated heterocycles. The average Bonchev–Trinajstić information content (AvgIpc) is 2.91. The molecule has 0 aromatic heterocycles. The maximum atomic E-state index is 6.34. The van der Waals surface area contributed by atoms with Crippen LogP contribution in [-0.4, -0.2) is 17.8 Å². The molecule has 2 heterocycles. The van der Waals surface area contributed by atoms with E-state index in [0.717, 1.165) is 28.5 Å². The number of nitrogens with one attached hydrogen (secondary N) is 1. The van der Waals surface area contributed by atoms with Gasteiger partial charge in [0.15, 0.2) is 0 Å². The van der Waals surface area contributed by atoms with E-state index in [0.29, 0.717) is 16.1 Å². The predicted molar refractivity (Wildman–Crippen MR) is 98.3 cm³/mol. The lowest BCUT2D eigenvalue weighted by Gasteiger charge is -2.38. The summed E-state index contributed by atoms with van der Waals surface area (Å²) in [4.78, 5) is 1.13. The zero-order valence-electron chi connectivity index (χ0n) is 13.2. The normalized spacial score (nSPS) is 30.7. The van der Waals surface area contributed by atoms with Crippen LogP contribution in [0.1, 0.15) is 45.4 Å². The van der Waals surface area contributed by atoms with E-state index in [1.54, 1.807) is 0 Å². The molecule has 0 aliphatic carbocycles. The highest BCUT2D eigenvalue weighted by Crippen LogP contribution is 2.42. The van der Waals surface area contributed by atoms with Crippen LogP contribution in [0.3, 0.4) is 0 Å². The SMILES string of the molecule is CCCC[C@@H]1CC2CCC(N2)[C@H]1CSc1cccc(Cl)c1Cl. The standard InChI is InChI=1S/C18H25Cl2NS/c1-2-3-5-12-10-13-8-9-16(21-13)14(12)11-22-17-7-4-6-15(19)18(17)20/h4,6-7,12-14,16,21H,2-3,5,8-11H2,1H3/t12-,13?,14+,16?/m1/s1. The van der Waals surface area contributed by atoms with Gasteiger partial charge in [-0.15, -0.1) is 11.8 Å². The van der Waals surface area contributed by atoms with Crippen LogP contribution in [0, 0.1) is 11.8 Å². The topological polar surface area (TPSA) is 12.0 Å². The fourth-order valence-corrected chi connectivity index (χ4v) is 5.88. The minimum Gasteiger partial charge on any atom is -0.311 e. The molecule has 0 spiro atoms. The fourth-order valence-electron chi connectivity index (χ4n) is 4.07. The molecular weight excluding hydrogens is 333 g/mol. The lowest BCUT2D eigenvalue weighted by molar-refractivity contribution is 0.199. The number of hydrogen-bond donors (Lipinski definition) is 1. The molecule has 0 radical (unpaired) electrons. The molecule has 2 aliphatic rings. The van der Waals surface area contributed by atoms with Crippen LogP contribution in [0.25, 0.3) is 0 Å². The van der Waals surface area contributed by atoms with E-state index in [2.05, 4.69) is 18.3 Å². The Morgan fingerprint density at radius 3 is 2.95 bits per heavy atom. The zero-order valence-corrected chi connectivity index (χ0v) is 15.5. The van der Waals surface area contributed by atoms with Crippen LogP contribution in [0.4, 0.5) is 0 Å². The summed E-state index contributed by atoms with van der Waals surface area (Å²) in [6.07, 6.45) is 8.14. The molecule has 2 aliphatic heterocycles. The van der Waals surface area contributed by atoms with Crippen LogP contribution in [0.15, 0.2) is 23.1 Å². The number of benzene rings is 1. The van der Waals surface area contributed by atoms with Crippen LogP contribution < -0.4 is 5.32 Å². The summed E-state index contributed by atoms with van der Waals surface area (Å²) < 4.78 is 0. The largest absolute Gasteiger partial charge is 0.311 e. The highest BCUT2D eigenvalue weighted by molar-refractivity contribution is 7.99. The number of rotatable bonds is 6. The Morgan fingerprint density at radius 1 is 1.27 bits per heavy atom. The Labute approximate surface area is 148 Å². The molecule has 2 bridgehead atoms. The first-order chi connectivity index (χ1) is 10.7. The summed E-state index contributed by atoms with van der Waals surface area (Å²) in [6, 6.07) is 7.44. The second kappa shape index (κ2) is 7.79. The monoisotopic (exact) mass is 357 g/mol. The highest BCUT2D eigenvalue weighted by atomic mass is 35.5. The number of unbranched alkanes of at least 4 members (excludes halogenated alkanes) is 1. The van der Waals surface area contributed by atoms with Gasteiger partial charge in [-0.3, -0.25) is 0 Å². The first kappa shape index (κ1) is 17.0. The van der Waals surface area contributed by atoms with Crippen molar-refractivity contribution in [1.82, 2.24) is 5.32 Å². The van der Waals surface area contributed by atoms with Crippen molar-refractivity contribution in [1.29, 1.82) is 0 Å². The molecule has 0 amide bonds. The summed E-state index contributed by atoms with van der Waals surface area (Å²) >= 11 is 14.4. The lowest BCUT2D eigenvalue weighted by atomic mass is 9.79. The van der Waals surface area contributed by atoms with Gasteiger partial charge in [0.2, 0.25) is 0 Å². The van der Waals surface area contributed by atoms with Gasteiger partial charge in [-0.1, -0.05) is 55.5 Å². The van der Waals surface area contributed by atoms with Gasteiger partial charge in [-0.25, -0.2) is 0 Å². The Morgan fingerprint density at radius 2 is 2.14 bits per heavy atom. The van der Waals surface area contributed by atoms with Crippen molar-refractivity contribution in [2.24, 2.45) is 11.8 Å². The van der Waals surface area contributed by atoms with E-state index in [1.807, 2.05) is 23.9 Å². The maximum Gasteiger partial charge on any atom is 0.0728 e. The maximum absolute atomic E-state index is 6.34.